The number of halogens is 1. The lowest BCUT2D eigenvalue weighted by Crippen LogP contribution is -2.22. The van der Waals surface area contributed by atoms with Crippen molar-refractivity contribution < 1.29 is 14.3 Å². The molecule has 0 aliphatic carbocycles. The van der Waals surface area contributed by atoms with Gasteiger partial charge in [-0.05, 0) is 24.5 Å². The van der Waals surface area contributed by atoms with Crippen molar-refractivity contribution >= 4 is 28.8 Å². The van der Waals surface area contributed by atoms with Gasteiger partial charge in [-0.3, -0.25) is 4.79 Å². The van der Waals surface area contributed by atoms with Gasteiger partial charge in [-0.25, -0.2) is 9.37 Å². The summed E-state index contributed by atoms with van der Waals surface area (Å²) in [6, 6.07) is 4.59. The number of aliphatic carboxylic acids is 1. The van der Waals surface area contributed by atoms with Gasteiger partial charge in [-0.2, -0.15) is 0 Å². The minimum Gasteiger partial charge on any atom is -0.481 e. The fraction of sp³-hybridized carbons (Fsp3) is 0.467. The van der Waals surface area contributed by atoms with Crippen LogP contribution in [0.1, 0.15) is 33.7 Å². The quantitative estimate of drug-likeness (QED) is 0.869. The monoisotopic (exact) mass is 310 g/mol. The summed E-state index contributed by atoms with van der Waals surface area (Å²) in [4.78, 5) is 15.2. The van der Waals surface area contributed by atoms with Crippen LogP contribution in [0.5, 0.6) is 0 Å². The van der Waals surface area contributed by atoms with Crippen LogP contribution in [0.4, 0.5) is 4.39 Å². The summed E-state index contributed by atoms with van der Waals surface area (Å²) in [6.45, 7) is 8.39. The van der Waals surface area contributed by atoms with Gasteiger partial charge >= 0.3 is 5.97 Å². The van der Waals surface area contributed by atoms with E-state index >= 15 is 0 Å². The fourth-order valence-corrected chi connectivity index (χ4v) is 2.85. The molecule has 0 aliphatic heterocycles. The third-order valence-electron chi connectivity index (χ3n) is 3.58. The van der Waals surface area contributed by atoms with Gasteiger partial charge in [0, 0.05) is 12.1 Å². The summed E-state index contributed by atoms with van der Waals surface area (Å²) in [5.74, 6) is -1.30. The van der Waals surface area contributed by atoms with Crippen molar-refractivity contribution in [2.75, 3.05) is 5.75 Å². The van der Waals surface area contributed by atoms with Gasteiger partial charge in [-0.15, -0.1) is 0 Å². The first-order valence-corrected chi connectivity index (χ1v) is 7.71. The van der Waals surface area contributed by atoms with Gasteiger partial charge in [0.05, 0.1) is 16.8 Å². The molecule has 1 aromatic heterocycles. The molecule has 1 atom stereocenters. The number of imidazole rings is 1. The number of fused-ring (bicyclic) bond motifs is 1. The molecule has 0 radical (unpaired) electrons. The molecule has 2 aromatic rings. The highest BCUT2D eigenvalue weighted by Crippen LogP contribution is 2.36. The molecule has 0 amide bonds. The SMILES string of the molecule is CC(n1c(SCC(=O)O)nc2cc(F)ccc21)C(C)(C)C. The molecule has 21 heavy (non-hydrogen) atoms. The molecule has 114 valence electrons. The third-order valence-corrected chi connectivity index (χ3v) is 4.52. The second-order valence-electron chi connectivity index (χ2n) is 6.12. The Morgan fingerprint density at radius 2 is 2.14 bits per heavy atom. The number of rotatable bonds is 4. The van der Waals surface area contributed by atoms with E-state index in [0.717, 1.165) is 17.3 Å². The predicted octanol–water partition coefficient (Wildman–Crippen LogP) is 3.96. The third kappa shape index (κ3) is 3.37. The van der Waals surface area contributed by atoms with Gasteiger partial charge in [-0.1, -0.05) is 32.5 Å². The van der Waals surface area contributed by atoms with Gasteiger partial charge in [0.25, 0.3) is 0 Å². The van der Waals surface area contributed by atoms with Gasteiger partial charge in [0.15, 0.2) is 5.16 Å². The zero-order valence-electron chi connectivity index (χ0n) is 12.6. The predicted molar refractivity (Wildman–Crippen MR) is 82.2 cm³/mol. The molecule has 0 saturated carbocycles. The van der Waals surface area contributed by atoms with Gasteiger partial charge < -0.3 is 9.67 Å². The Labute approximate surface area is 127 Å². The van der Waals surface area contributed by atoms with Crippen LogP contribution >= 0.6 is 11.8 Å². The van der Waals surface area contributed by atoms with Crippen LogP contribution < -0.4 is 0 Å². The fourth-order valence-electron chi connectivity index (χ4n) is 2.04. The maximum Gasteiger partial charge on any atom is 0.313 e. The maximum atomic E-state index is 13.4. The maximum absolute atomic E-state index is 13.4. The number of hydrogen-bond donors (Lipinski definition) is 1. The standard InChI is InChI=1S/C15H19FN2O2S/c1-9(15(2,3)4)18-12-6-5-10(16)7-11(12)17-14(18)21-8-13(19)20/h5-7,9H,8H2,1-4H3,(H,19,20). The van der Waals surface area contributed by atoms with Crippen molar-refractivity contribution in [3.8, 4) is 0 Å². The lowest BCUT2D eigenvalue weighted by molar-refractivity contribution is -0.133. The minimum atomic E-state index is -0.895. The van der Waals surface area contributed by atoms with E-state index < -0.39 is 5.97 Å². The zero-order chi connectivity index (χ0) is 15.8. The molecule has 0 bridgehead atoms. The Bertz CT molecular complexity index is 676. The number of thioether (sulfide) groups is 1. The van der Waals surface area contributed by atoms with Crippen molar-refractivity contribution in [2.45, 2.75) is 38.9 Å². The van der Waals surface area contributed by atoms with E-state index in [0.29, 0.717) is 10.7 Å². The summed E-state index contributed by atoms with van der Waals surface area (Å²) in [7, 11) is 0. The highest BCUT2D eigenvalue weighted by molar-refractivity contribution is 7.99. The molecule has 0 fully saturated rings. The molecule has 1 unspecified atom stereocenters. The van der Waals surface area contributed by atoms with E-state index in [1.54, 1.807) is 6.07 Å². The first-order chi connectivity index (χ1) is 9.70. The second kappa shape index (κ2) is 5.67. The van der Waals surface area contributed by atoms with E-state index in [9.17, 15) is 9.18 Å². The number of carbonyl (C=O) groups is 1. The topological polar surface area (TPSA) is 55.1 Å². The molecule has 4 nitrogen and oxygen atoms in total. The van der Waals surface area contributed by atoms with E-state index in [1.165, 1.54) is 12.1 Å². The first-order valence-electron chi connectivity index (χ1n) is 6.72. The summed E-state index contributed by atoms with van der Waals surface area (Å²) in [5, 5.41) is 9.48. The Kier molecular flexibility index (Phi) is 4.27. The Balaban J connectivity index is 2.57. The summed E-state index contributed by atoms with van der Waals surface area (Å²) in [6.07, 6.45) is 0. The Morgan fingerprint density at radius 1 is 1.48 bits per heavy atom. The van der Waals surface area contributed by atoms with E-state index in [1.807, 2.05) is 4.57 Å². The number of carboxylic acid groups (broad SMARTS) is 1. The molecule has 2 rings (SSSR count). The average molecular weight is 310 g/mol. The highest BCUT2D eigenvalue weighted by atomic mass is 32.2. The molecule has 0 saturated heterocycles. The van der Waals surface area contributed by atoms with Crippen molar-refractivity contribution in [1.82, 2.24) is 9.55 Å². The molecule has 0 aliphatic rings. The minimum absolute atomic E-state index is 0.0272. The van der Waals surface area contributed by atoms with Crippen LogP contribution in [-0.2, 0) is 4.79 Å². The smallest absolute Gasteiger partial charge is 0.313 e. The molecular weight excluding hydrogens is 291 g/mol. The van der Waals surface area contributed by atoms with E-state index in [2.05, 4.69) is 32.7 Å². The molecule has 1 N–H and O–H groups in total. The summed E-state index contributed by atoms with van der Waals surface area (Å²) in [5.41, 5.74) is 1.35. The van der Waals surface area contributed by atoms with Crippen LogP contribution in [0.15, 0.2) is 23.4 Å². The Hall–Kier alpha value is -1.56. The van der Waals surface area contributed by atoms with Crippen LogP contribution in [0.2, 0.25) is 0 Å². The largest absolute Gasteiger partial charge is 0.481 e. The second-order valence-corrected chi connectivity index (χ2v) is 7.06. The average Bonchev–Trinajstić information content (AvgIpc) is 2.71. The number of carboxylic acids is 1. The summed E-state index contributed by atoms with van der Waals surface area (Å²) >= 11 is 1.16. The van der Waals surface area contributed by atoms with Crippen LogP contribution in [0, 0.1) is 11.2 Å². The van der Waals surface area contributed by atoms with Crippen molar-refractivity contribution in [3.63, 3.8) is 0 Å². The summed E-state index contributed by atoms with van der Waals surface area (Å²) < 4.78 is 15.4. The number of aromatic nitrogens is 2. The van der Waals surface area contributed by atoms with Crippen molar-refractivity contribution in [3.05, 3.63) is 24.0 Å². The molecule has 0 spiro atoms. The Morgan fingerprint density at radius 3 is 2.71 bits per heavy atom. The normalized spacial score (nSPS) is 13.6. The highest BCUT2D eigenvalue weighted by Gasteiger charge is 2.26. The van der Waals surface area contributed by atoms with Crippen LogP contribution in [-0.4, -0.2) is 26.4 Å². The lowest BCUT2D eigenvalue weighted by Gasteiger charge is -2.30. The van der Waals surface area contributed by atoms with Gasteiger partial charge in [0.2, 0.25) is 0 Å². The van der Waals surface area contributed by atoms with E-state index in [4.69, 9.17) is 5.11 Å². The van der Waals surface area contributed by atoms with Crippen molar-refractivity contribution in [1.29, 1.82) is 0 Å². The van der Waals surface area contributed by atoms with Gasteiger partial charge in [0.1, 0.15) is 5.82 Å². The lowest BCUT2D eigenvalue weighted by atomic mass is 9.88. The molecule has 1 heterocycles. The zero-order valence-corrected chi connectivity index (χ0v) is 13.4. The molecule has 6 heteroatoms. The van der Waals surface area contributed by atoms with Crippen LogP contribution in [0.25, 0.3) is 11.0 Å². The number of hydrogen-bond acceptors (Lipinski definition) is 3. The first kappa shape index (κ1) is 15.8. The number of benzene rings is 1. The van der Waals surface area contributed by atoms with E-state index in [-0.39, 0.29) is 23.0 Å². The van der Waals surface area contributed by atoms with Crippen LogP contribution in [0.3, 0.4) is 0 Å². The molecule has 1 aromatic carbocycles. The number of nitrogens with zero attached hydrogens (tertiary/aromatic N) is 2. The molecular formula is C15H19FN2O2S. The van der Waals surface area contributed by atoms with Crippen molar-refractivity contribution in [2.24, 2.45) is 5.41 Å².